The molecule has 1 saturated carbocycles. The van der Waals surface area contributed by atoms with Crippen LogP contribution in [0, 0.1) is 0 Å². The second-order valence-electron chi connectivity index (χ2n) is 7.48. The van der Waals surface area contributed by atoms with Crippen LogP contribution in [-0.2, 0) is 21.2 Å². The van der Waals surface area contributed by atoms with Gasteiger partial charge in [-0.3, -0.25) is 4.79 Å². The molecular weight excluding hydrogens is 458 g/mol. The van der Waals surface area contributed by atoms with Gasteiger partial charge in [0.1, 0.15) is 9.75 Å². The predicted octanol–water partition coefficient (Wildman–Crippen LogP) is 3.89. The number of halogens is 1. The van der Waals surface area contributed by atoms with Crippen molar-refractivity contribution in [2.24, 2.45) is 0 Å². The maximum Gasteiger partial charge on any atom is 0.325 e. The van der Waals surface area contributed by atoms with Gasteiger partial charge >= 0.3 is 5.97 Å². The summed E-state index contributed by atoms with van der Waals surface area (Å²) in [6.07, 6.45) is 0.620. The van der Waals surface area contributed by atoms with E-state index in [0.717, 1.165) is 32.9 Å². The molecular formula is C22H20ClNO5S2. The first-order valence-electron chi connectivity index (χ1n) is 9.58. The molecule has 2 atom stereocenters. The lowest BCUT2D eigenvalue weighted by atomic mass is 10.0. The van der Waals surface area contributed by atoms with Crippen molar-refractivity contribution in [2.75, 3.05) is 6.61 Å². The van der Waals surface area contributed by atoms with Crippen molar-refractivity contribution >= 4 is 38.9 Å². The minimum Gasteiger partial charge on any atom is -0.480 e. The smallest absolute Gasteiger partial charge is 0.325 e. The Balaban J connectivity index is 1.58. The Bertz CT molecular complexity index is 1220. The van der Waals surface area contributed by atoms with Crippen molar-refractivity contribution in [3.63, 3.8) is 0 Å². The lowest BCUT2D eigenvalue weighted by molar-refractivity contribution is -0.140. The van der Waals surface area contributed by atoms with Crippen LogP contribution >= 0.6 is 22.9 Å². The third kappa shape index (κ3) is 4.40. The number of carboxylic acids is 1. The first-order chi connectivity index (χ1) is 14.7. The Morgan fingerprint density at radius 1 is 1.16 bits per heavy atom. The molecule has 0 radical (unpaired) electrons. The van der Waals surface area contributed by atoms with Crippen molar-refractivity contribution in [1.82, 2.24) is 4.72 Å². The van der Waals surface area contributed by atoms with Crippen LogP contribution in [0.4, 0.5) is 0 Å². The Hall–Kier alpha value is -2.23. The lowest BCUT2D eigenvalue weighted by Crippen LogP contribution is -2.44. The molecule has 0 bridgehead atoms. The molecule has 1 unspecified atom stereocenters. The molecule has 0 aliphatic heterocycles. The summed E-state index contributed by atoms with van der Waals surface area (Å²) in [6.45, 7) is -0.0147. The average molecular weight is 478 g/mol. The molecule has 1 aliphatic rings. The van der Waals surface area contributed by atoms with Gasteiger partial charge in [0.15, 0.2) is 0 Å². The predicted molar refractivity (Wildman–Crippen MR) is 120 cm³/mol. The van der Waals surface area contributed by atoms with Crippen LogP contribution in [0.1, 0.15) is 23.5 Å². The summed E-state index contributed by atoms with van der Waals surface area (Å²) in [5.74, 6) is -1.68. The van der Waals surface area contributed by atoms with Gasteiger partial charge in [-0.1, -0.05) is 48.0 Å². The highest BCUT2D eigenvalue weighted by atomic mass is 35.5. The SMILES string of the molecule is O=C(O)C1(NS(=O)(=O)c2ccc(-c3ccc(Cl)cc3)s2)C[C@H]1c1cccc(CCO)c1. The minimum atomic E-state index is -4.04. The van der Waals surface area contributed by atoms with E-state index < -0.39 is 27.4 Å². The molecule has 0 amide bonds. The zero-order chi connectivity index (χ0) is 22.2. The number of hydrogen-bond donors (Lipinski definition) is 3. The summed E-state index contributed by atoms with van der Waals surface area (Å²) in [7, 11) is -4.04. The molecule has 162 valence electrons. The second-order valence-corrected chi connectivity index (χ2v) is 10.9. The van der Waals surface area contributed by atoms with E-state index in [0.29, 0.717) is 11.4 Å². The number of aliphatic hydroxyl groups excluding tert-OH is 1. The fourth-order valence-electron chi connectivity index (χ4n) is 3.68. The number of rotatable bonds is 8. The Labute approximate surface area is 189 Å². The van der Waals surface area contributed by atoms with Crippen LogP contribution in [0.3, 0.4) is 0 Å². The molecule has 9 heteroatoms. The molecule has 1 fully saturated rings. The number of carbonyl (C=O) groups is 1. The molecule has 3 aromatic rings. The van der Waals surface area contributed by atoms with Gasteiger partial charge in [-0.2, -0.15) is 4.72 Å². The maximum atomic E-state index is 13.0. The van der Waals surface area contributed by atoms with Gasteiger partial charge in [-0.15, -0.1) is 11.3 Å². The van der Waals surface area contributed by atoms with Crippen molar-refractivity contribution in [3.05, 3.63) is 76.8 Å². The van der Waals surface area contributed by atoms with Gasteiger partial charge < -0.3 is 10.2 Å². The van der Waals surface area contributed by atoms with Crippen LogP contribution in [0.15, 0.2) is 64.9 Å². The number of aliphatic hydroxyl groups is 1. The minimum absolute atomic E-state index is 0.0147. The van der Waals surface area contributed by atoms with E-state index in [1.54, 1.807) is 42.5 Å². The van der Waals surface area contributed by atoms with Gasteiger partial charge in [-0.25, -0.2) is 8.42 Å². The largest absolute Gasteiger partial charge is 0.480 e. The number of thiophene rings is 1. The van der Waals surface area contributed by atoms with Crippen LogP contribution in [0.5, 0.6) is 0 Å². The van der Waals surface area contributed by atoms with Crippen molar-refractivity contribution < 1.29 is 23.4 Å². The van der Waals surface area contributed by atoms with Crippen LogP contribution < -0.4 is 4.72 Å². The van der Waals surface area contributed by atoms with Gasteiger partial charge in [0.05, 0.1) is 0 Å². The summed E-state index contributed by atoms with van der Waals surface area (Å²) in [5, 5.41) is 19.6. The fraction of sp³-hybridized carbons (Fsp3) is 0.227. The third-order valence-corrected chi connectivity index (χ3v) is 8.78. The topological polar surface area (TPSA) is 104 Å². The zero-order valence-corrected chi connectivity index (χ0v) is 18.7. The van der Waals surface area contributed by atoms with Gasteiger partial charge in [-0.05, 0) is 53.8 Å². The van der Waals surface area contributed by atoms with E-state index in [9.17, 15) is 18.3 Å². The van der Waals surface area contributed by atoms with Crippen LogP contribution in [0.2, 0.25) is 5.02 Å². The van der Waals surface area contributed by atoms with E-state index >= 15 is 0 Å². The molecule has 1 aromatic heterocycles. The lowest BCUT2D eigenvalue weighted by Gasteiger charge is -2.15. The highest BCUT2D eigenvalue weighted by Gasteiger charge is 2.63. The summed E-state index contributed by atoms with van der Waals surface area (Å²) in [6, 6.07) is 17.5. The fourth-order valence-corrected chi connectivity index (χ4v) is 6.52. The number of sulfonamides is 1. The molecule has 1 heterocycles. The zero-order valence-electron chi connectivity index (χ0n) is 16.3. The first-order valence-corrected chi connectivity index (χ1v) is 12.3. The summed E-state index contributed by atoms with van der Waals surface area (Å²) in [5.41, 5.74) is 0.860. The molecule has 6 nitrogen and oxygen atoms in total. The molecule has 1 aliphatic carbocycles. The normalized spacial score (nSPS) is 20.5. The monoisotopic (exact) mass is 477 g/mol. The number of hydrogen-bond acceptors (Lipinski definition) is 5. The van der Waals surface area contributed by atoms with E-state index in [4.69, 9.17) is 16.7 Å². The van der Waals surface area contributed by atoms with E-state index in [-0.39, 0.29) is 17.2 Å². The van der Waals surface area contributed by atoms with Gasteiger partial charge in [0, 0.05) is 22.4 Å². The number of aliphatic carboxylic acids is 1. The summed E-state index contributed by atoms with van der Waals surface area (Å²) < 4.78 is 28.5. The average Bonchev–Trinajstić information content (AvgIpc) is 3.22. The van der Waals surface area contributed by atoms with E-state index in [1.165, 1.54) is 6.07 Å². The Morgan fingerprint density at radius 3 is 2.58 bits per heavy atom. The number of nitrogens with one attached hydrogen (secondary N) is 1. The highest BCUT2D eigenvalue weighted by molar-refractivity contribution is 7.91. The molecule has 31 heavy (non-hydrogen) atoms. The van der Waals surface area contributed by atoms with Crippen molar-refractivity contribution in [2.45, 2.75) is 28.5 Å². The third-order valence-electron chi connectivity index (χ3n) is 5.39. The molecule has 3 N–H and O–H groups in total. The van der Waals surface area contributed by atoms with E-state index in [2.05, 4.69) is 4.72 Å². The van der Waals surface area contributed by atoms with E-state index in [1.807, 2.05) is 12.1 Å². The van der Waals surface area contributed by atoms with Crippen molar-refractivity contribution in [3.8, 4) is 10.4 Å². The Kier molecular flexibility index (Phi) is 5.93. The standard InChI is InChI=1S/C22H20ClNO5S2/c23-17-6-4-15(5-7-17)19-8-9-20(30-19)31(28,29)24-22(21(26)27)13-18(22)16-3-1-2-14(12-16)10-11-25/h1-9,12,18,24-25H,10-11,13H2,(H,26,27)/t18-,22?/m0/s1. The quantitative estimate of drug-likeness (QED) is 0.456. The van der Waals surface area contributed by atoms with Gasteiger partial charge in [0.2, 0.25) is 0 Å². The van der Waals surface area contributed by atoms with Gasteiger partial charge in [0.25, 0.3) is 10.0 Å². The molecule has 2 aromatic carbocycles. The van der Waals surface area contributed by atoms with Crippen molar-refractivity contribution in [1.29, 1.82) is 0 Å². The number of benzene rings is 2. The molecule has 4 rings (SSSR count). The number of carboxylic acid groups (broad SMARTS) is 1. The second kappa shape index (κ2) is 8.37. The molecule has 0 spiro atoms. The summed E-state index contributed by atoms with van der Waals surface area (Å²) in [4.78, 5) is 12.8. The first kappa shape index (κ1) is 22.0. The maximum absolute atomic E-state index is 13.0. The molecule has 0 saturated heterocycles. The Morgan fingerprint density at radius 2 is 1.90 bits per heavy atom. The highest BCUT2D eigenvalue weighted by Crippen LogP contribution is 2.52. The summed E-state index contributed by atoms with van der Waals surface area (Å²) >= 11 is 6.98. The van der Waals surface area contributed by atoms with Crippen LogP contribution in [-0.4, -0.2) is 36.7 Å². The van der Waals surface area contributed by atoms with Crippen LogP contribution in [0.25, 0.3) is 10.4 Å².